The van der Waals surface area contributed by atoms with E-state index in [0.717, 1.165) is 0 Å². The first-order valence-electron chi connectivity index (χ1n) is 7.07. The van der Waals surface area contributed by atoms with Crippen molar-refractivity contribution in [2.45, 2.75) is 44.1 Å². The summed E-state index contributed by atoms with van der Waals surface area (Å²) < 4.78 is 37.8. The normalized spacial score (nSPS) is 18.4. The van der Waals surface area contributed by atoms with E-state index in [-0.39, 0.29) is 17.5 Å². The SMILES string of the molecule is CC(C)(C)c1cc(=O)n2c(n1)SCC(C(=O)NCC(F)(F)F)C2. The number of carbonyl (C=O) groups excluding carboxylic acids is 1. The van der Waals surface area contributed by atoms with Crippen molar-refractivity contribution in [3.8, 4) is 0 Å². The number of thioether (sulfide) groups is 1. The summed E-state index contributed by atoms with van der Waals surface area (Å²) in [7, 11) is 0. The lowest BCUT2D eigenvalue weighted by Crippen LogP contribution is -2.43. The van der Waals surface area contributed by atoms with Crippen molar-refractivity contribution in [3.63, 3.8) is 0 Å². The predicted molar refractivity (Wildman–Crippen MR) is 80.5 cm³/mol. The number of hydrogen-bond acceptors (Lipinski definition) is 4. The summed E-state index contributed by atoms with van der Waals surface area (Å²) in [6.45, 7) is 4.49. The molecule has 2 heterocycles. The van der Waals surface area contributed by atoms with Crippen molar-refractivity contribution < 1.29 is 18.0 Å². The number of hydrogen-bond donors (Lipinski definition) is 1. The zero-order chi connectivity index (χ0) is 17.4. The molecule has 0 fully saturated rings. The minimum Gasteiger partial charge on any atom is -0.347 e. The Morgan fingerprint density at radius 3 is 2.65 bits per heavy atom. The topological polar surface area (TPSA) is 64.0 Å². The summed E-state index contributed by atoms with van der Waals surface area (Å²) in [5, 5.41) is 2.37. The van der Waals surface area contributed by atoms with Crippen molar-refractivity contribution in [2.24, 2.45) is 5.92 Å². The van der Waals surface area contributed by atoms with Crippen LogP contribution in [0.3, 0.4) is 0 Å². The number of alkyl halides is 3. The third-order valence-corrected chi connectivity index (χ3v) is 4.53. The lowest BCUT2D eigenvalue weighted by atomic mass is 9.92. The highest BCUT2D eigenvalue weighted by molar-refractivity contribution is 7.99. The molecule has 0 saturated heterocycles. The van der Waals surface area contributed by atoms with Crippen LogP contribution in [0.4, 0.5) is 13.2 Å². The molecular formula is C14H18F3N3O2S. The Labute approximate surface area is 135 Å². The van der Waals surface area contributed by atoms with Crippen LogP contribution in [0.25, 0.3) is 0 Å². The second kappa shape index (κ2) is 6.18. The van der Waals surface area contributed by atoms with Crippen LogP contribution >= 0.6 is 11.8 Å². The van der Waals surface area contributed by atoms with Gasteiger partial charge in [0.1, 0.15) is 6.54 Å². The molecule has 1 atom stereocenters. The van der Waals surface area contributed by atoms with Gasteiger partial charge in [-0.25, -0.2) is 4.98 Å². The van der Waals surface area contributed by atoms with Gasteiger partial charge in [-0.1, -0.05) is 32.5 Å². The van der Waals surface area contributed by atoms with Gasteiger partial charge in [-0.05, 0) is 0 Å². The molecule has 1 amide bonds. The lowest BCUT2D eigenvalue weighted by Gasteiger charge is -2.26. The van der Waals surface area contributed by atoms with Gasteiger partial charge in [0.15, 0.2) is 5.16 Å². The maximum absolute atomic E-state index is 12.2. The summed E-state index contributed by atoms with van der Waals surface area (Å²) in [5.74, 6) is -1.09. The minimum absolute atomic E-state index is 0.0439. The average Bonchev–Trinajstić information content (AvgIpc) is 2.42. The highest BCUT2D eigenvalue weighted by Crippen LogP contribution is 2.28. The predicted octanol–water partition coefficient (Wildman–Crippen LogP) is 1.94. The van der Waals surface area contributed by atoms with Crippen LogP contribution in [-0.2, 0) is 16.8 Å². The molecule has 128 valence electrons. The van der Waals surface area contributed by atoms with Gasteiger partial charge in [0, 0.05) is 23.8 Å². The summed E-state index contributed by atoms with van der Waals surface area (Å²) in [6, 6.07) is 1.42. The maximum Gasteiger partial charge on any atom is 0.405 e. The van der Waals surface area contributed by atoms with E-state index in [2.05, 4.69) is 4.98 Å². The van der Waals surface area contributed by atoms with Gasteiger partial charge in [-0.3, -0.25) is 14.2 Å². The molecule has 1 aromatic heterocycles. The molecule has 9 heteroatoms. The van der Waals surface area contributed by atoms with Gasteiger partial charge in [-0.15, -0.1) is 0 Å². The molecule has 0 saturated carbocycles. The molecule has 0 bridgehead atoms. The van der Waals surface area contributed by atoms with E-state index in [1.54, 1.807) is 0 Å². The van der Waals surface area contributed by atoms with Crippen LogP contribution < -0.4 is 10.9 Å². The fourth-order valence-electron chi connectivity index (χ4n) is 2.09. The second-order valence-electron chi connectivity index (χ2n) is 6.46. The molecule has 0 aromatic carbocycles. The van der Waals surface area contributed by atoms with Gasteiger partial charge in [-0.2, -0.15) is 13.2 Å². The Kier molecular flexibility index (Phi) is 4.79. The Balaban J connectivity index is 2.16. The van der Waals surface area contributed by atoms with Crippen LogP contribution in [0.5, 0.6) is 0 Å². The van der Waals surface area contributed by atoms with Crippen LogP contribution in [-0.4, -0.2) is 33.9 Å². The van der Waals surface area contributed by atoms with Crippen molar-refractivity contribution in [1.82, 2.24) is 14.9 Å². The molecule has 1 unspecified atom stereocenters. The summed E-state index contributed by atoms with van der Waals surface area (Å²) >= 11 is 1.21. The van der Waals surface area contributed by atoms with E-state index >= 15 is 0 Å². The van der Waals surface area contributed by atoms with Crippen LogP contribution in [0.1, 0.15) is 26.5 Å². The third kappa shape index (κ3) is 4.49. The number of carbonyl (C=O) groups is 1. The third-order valence-electron chi connectivity index (χ3n) is 3.39. The van der Waals surface area contributed by atoms with E-state index < -0.39 is 24.5 Å². The van der Waals surface area contributed by atoms with Gasteiger partial charge in [0.25, 0.3) is 5.56 Å². The number of fused-ring (bicyclic) bond motifs is 1. The Bertz CT molecular complexity index is 665. The zero-order valence-corrected chi connectivity index (χ0v) is 13.8. The maximum atomic E-state index is 12.2. The number of aromatic nitrogens is 2. The van der Waals surface area contributed by atoms with E-state index in [1.165, 1.54) is 22.4 Å². The molecular weight excluding hydrogens is 331 g/mol. The van der Waals surface area contributed by atoms with Crippen molar-refractivity contribution in [3.05, 3.63) is 22.1 Å². The van der Waals surface area contributed by atoms with Crippen molar-refractivity contribution >= 4 is 17.7 Å². The molecule has 1 aliphatic heterocycles. The number of amides is 1. The first kappa shape index (κ1) is 17.8. The fourth-order valence-corrected chi connectivity index (χ4v) is 3.18. The summed E-state index contributed by atoms with van der Waals surface area (Å²) in [5.41, 5.74) is 0.0814. The zero-order valence-electron chi connectivity index (χ0n) is 13.0. The second-order valence-corrected chi connectivity index (χ2v) is 7.45. The standard InChI is InChI=1S/C14H18F3N3O2S/c1-13(2,3)9-4-10(21)20-5-8(6-23-12(20)19-9)11(22)18-7-14(15,16)17/h4,8H,5-7H2,1-3H3,(H,18,22). The molecule has 0 aliphatic carbocycles. The highest BCUT2D eigenvalue weighted by Gasteiger charge is 2.32. The first-order chi connectivity index (χ1) is 10.5. The molecule has 1 aliphatic rings. The largest absolute Gasteiger partial charge is 0.405 e. The van der Waals surface area contributed by atoms with Gasteiger partial charge < -0.3 is 5.32 Å². The number of rotatable bonds is 2. The molecule has 1 aromatic rings. The fraction of sp³-hybridized carbons (Fsp3) is 0.643. The quantitative estimate of drug-likeness (QED) is 0.829. The number of halogens is 3. The smallest absolute Gasteiger partial charge is 0.347 e. The minimum atomic E-state index is -4.45. The average molecular weight is 349 g/mol. The monoisotopic (exact) mass is 349 g/mol. The molecule has 2 rings (SSSR count). The Hall–Kier alpha value is -1.51. The van der Waals surface area contributed by atoms with Gasteiger partial charge in [0.05, 0.1) is 11.6 Å². The van der Waals surface area contributed by atoms with E-state index in [9.17, 15) is 22.8 Å². The van der Waals surface area contributed by atoms with E-state index in [0.29, 0.717) is 16.6 Å². The van der Waals surface area contributed by atoms with Crippen LogP contribution in [0.15, 0.2) is 16.0 Å². The van der Waals surface area contributed by atoms with Crippen LogP contribution in [0.2, 0.25) is 0 Å². The Morgan fingerprint density at radius 2 is 2.09 bits per heavy atom. The molecule has 23 heavy (non-hydrogen) atoms. The van der Waals surface area contributed by atoms with Crippen molar-refractivity contribution in [1.29, 1.82) is 0 Å². The molecule has 5 nitrogen and oxygen atoms in total. The molecule has 1 N–H and O–H groups in total. The molecule has 0 spiro atoms. The van der Waals surface area contributed by atoms with Gasteiger partial charge >= 0.3 is 6.18 Å². The molecule has 0 radical (unpaired) electrons. The van der Waals surface area contributed by atoms with Gasteiger partial charge in [0.2, 0.25) is 5.91 Å². The number of nitrogens with zero attached hydrogens (tertiary/aromatic N) is 2. The first-order valence-corrected chi connectivity index (χ1v) is 8.05. The van der Waals surface area contributed by atoms with E-state index in [1.807, 2.05) is 26.1 Å². The lowest BCUT2D eigenvalue weighted by molar-refractivity contribution is -0.140. The Morgan fingerprint density at radius 1 is 1.43 bits per heavy atom. The summed E-state index contributed by atoms with van der Waals surface area (Å²) in [6.07, 6.45) is -4.45. The van der Waals surface area contributed by atoms with E-state index in [4.69, 9.17) is 0 Å². The van der Waals surface area contributed by atoms with Crippen molar-refractivity contribution in [2.75, 3.05) is 12.3 Å². The summed E-state index contributed by atoms with van der Waals surface area (Å²) in [4.78, 5) is 28.5. The number of nitrogens with one attached hydrogen (secondary N) is 1. The highest BCUT2D eigenvalue weighted by atomic mass is 32.2. The van der Waals surface area contributed by atoms with Crippen LogP contribution in [0, 0.1) is 5.92 Å².